The molecule has 0 saturated carbocycles. The lowest BCUT2D eigenvalue weighted by atomic mass is 10.0. The number of nitrogens with zero attached hydrogens (tertiary/aromatic N) is 1. The van der Waals surface area contributed by atoms with Crippen LogP contribution in [0, 0.1) is 0 Å². The minimum absolute atomic E-state index is 0.416. The summed E-state index contributed by atoms with van der Waals surface area (Å²) in [5.74, 6) is -0.847. The van der Waals surface area contributed by atoms with E-state index in [1.54, 1.807) is 7.05 Å². The second kappa shape index (κ2) is 5.65. The molecule has 0 aromatic heterocycles. The van der Waals surface area contributed by atoms with Crippen molar-refractivity contribution in [2.75, 3.05) is 13.6 Å². The molecular formula is C16H17NO2. The quantitative estimate of drug-likeness (QED) is 0.787. The van der Waals surface area contributed by atoms with Crippen LogP contribution < -0.4 is 0 Å². The molecule has 19 heavy (non-hydrogen) atoms. The van der Waals surface area contributed by atoms with E-state index in [0.717, 1.165) is 6.42 Å². The second-order valence-corrected chi connectivity index (χ2v) is 4.67. The van der Waals surface area contributed by atoms with E-state index in [-0.39, 0.29) is 0 Å². The molecule has 0 bridgehead atoms. The normalized spacial score (nSPS) is 10.4. The van der Waals surface area contributed by atoms with Gasteiger partial charge in [-0.3, -0.25) is 9.59 Å². The van der Waals surface area contributed by atoms with Crippen LogP contribution in [0.4, 0.5) is 0 Å². The summed E-state index contributed by atoms with van der Waals surface area (Å²) in [6.45, 7) is 1.85. The predicted octanol–water partition coefficient (Wildman–Crippen LogP) is 2.43. The van der Waals surface area contributed by atoms with Gasteiger partial charge in [0.25, 0.3) is 5.91 Å². The van der Waals surface area contributed by atoms with Crippen LogP contribution in [0.5, 0.6) is 0 Å². The number of fused-ring (bicyclic) bond motifs is 1. The molecule has 2 aromatic rings. The number of amides is 1. The van der Waals surface area contributed by atoms with Crippen molar-refractivity contribution in [2.24, 2.45) is 0 Å². The maximum atomic E-state index is 11.5. The Hall–Kier alpha value is -2.16. The van der Waals surface area contributed by atoms with Gasteiger partial charge in [-0.2, -0.15) is 0 Å². The van der Waals surface area contributed by atoms with Gasteiger partial charge in [-0.25, -0.2) is 0 Å². The summed E-state index contributed by atoms with van der Waals surface area (Å²) in [7, 11) is 1.66. The number of rotatable bonds is 4. The van der Waals surface area contributed by atoms with Gasteiger partial charge >= 0.3 is 0 Å². The summed E-state index contributed by atoms with van der Waals surface area (Å²) in [5, 5.41) is 2.40. The van der Waals surface area contributed by atoms with Gasteiger partial charge in [0.05, 0.1) is 0 Å². The van der Waals surface area contributed by atoms with E-state index in [2.05, 4.69) is 24.3 Å². The maximum Gasteiger partial charge on any atom is 0.289 e. The topological polar surface area (TPSA) is 37.4 Å². The van der Waals surface area contributed by atoms with Crippen molar-refractivity contribution in [3.8, 4) is 0 Å². The monoisotopic (exact) mass is 255 g/mol. The predicted molar refractivity (Wildman–Crippen MR) is 76.0 cm³/mol. The highest BCUT2D eigenvalue weighted by atomic mass is 16.2. The third-order valence-electron chi connectivity index (χ3n) is 3.24. The fraction of sp³-hybridized carbons (Fsp3) is 0.250. The zero-order valence-electron chi connectivity index (χ0n) is 11.2. The first-order valence-corrected chi connectivity index (χ1v) is 6.32. The van der Waals surface area contributed by atoms with Gasteiger partial charge in [0.1, 0.15) is 0 Å². The SMILES string of the molecule is CC(=O)C(=O)N(C)CCc1cccc2ccccc12. The lowest BCUT2D eigenvalue weighted by molar-refractivity contribution is -0.142. The van der Waals surface area contributed by atoms with Gasteiger partial charge in [-0.05, 0) is 22.8 Å². The second-order valence-electron chi connectivity index (χ2n) is 4.67. The molecule has 3 heteroatoms. The average Bonchev–Trinajstić information content (AvgIpc) is 2.43. The highest BCUT2D eigenvalue weighted by molar-refractivity contribution is 6.34. The van der Waals surface area contributed by atoms with E-state index in [9.17, 15) is 9.59 Å². The molecule has 98 valence electrons. The maximum absolute atomic E-state index is 11.5. The van der Waals surface area contributed by atoms with Crippen LogP contribution in [-0.2, 0) is 16.0 Å². The van der Waals surface area contributed by atoms with Crippen molar-refractivity contribution in [1.82, 2.24) is 4.90 Å². The first kappa shape index (κ1) is 13.3. The first-order valence-electron chi connectivity index (χ1n) is 6.32. The number of Topliss-reactive ketones (excluding diaryl/α,β-unsaturated/α-hetero) is 1. The van der Waals surface area contributed by atoms with Gasteiger partial charge in [0.15, 0.2) is 0 Å². The van der Waals surface area contributed by atoms with Gasteiger partial charge in [-0.1, -0.05) is 42.5 Å². The largest absolute Gasteiger partial charge is 0.339 e. The summed E-state index contributed by atoms with van der Waals surface area (Å²) in [5.41, 5.74) is 1.20. The standard InChI is InChI=1S/C16H17NO2/c1-12(18)16(19)17(2)11-10-14-8-5-7-13-6-3-4-9-15(13)14/h3-9H,10-11H2,1-2H3. The van der Waals surface area contributed by atoms with Crippen molar-refractivity contribution in [3.05, 3.63) is 48.0 Å². The number of carbonyl (C=O) groups excluding carboxylic acids is 2. The summed E-state index contributed by atoms with van der Waals surface area (Å²) in [6, 6.07) is 14.3. The highest BCUT2D eigenvalue weighted by Crippen LogP contribution is 2.18. The number of likely N-dealkylation sites (N-methyl/N-ethyl adjacent to an activating group) is 1. The van der Waals surface area contributed by atoms with Crippen LogP contribution in [0.15, 0.2) is 42.5 Å². The molecular weight excluding hydrogens is 238 g/mol. The molecule has 2 rings (SSSR count). The average molecular weight is 255 g/mol. The molecule has 1 amide bonds. The Balaban J connectivity index is 2.14. The fourth-order valence-electron chi connectivity index (χ4n) is 2.17. The van der Waals surface area contributed by atoms with Crippen molar-refractivity contribution in [2.45, 2.75) is 13.3 Å². The number of hydrogen-bond donors (Lipinski definition) is 0. The third-order valence-corrected chi connectivity index (χ3v) is 3.24. The summed E-state index contributed by atoms with van der Waals surface area (Å²) < 4.78 is 0. The molecule has 0 aliphatic carbocycles. The van der Waals surface area contributed by atoms with E-state index in [0.29, 0.717) is 6.54 Å². The van der Waals surface area contributed by atoms with E-state index in [4.69, 9.17) is 0 Å². The van der Waals surface area contributed by atoms with E-state index in [1.807, 2.05) is 18.2 Å². The Morgan fingerprint density at radius 3 is 2.47 bits per heavy atom. The minimum atomic E-state index is -0.430. The zero-order chi connectivity index (χ0) is 13.8. The molecule has 0 unspecified atom stereocenters. The molecule has 0 radical (unpaired) electrons. The molecule has 0 aliphatic heterocycles. The summed E-state index contributed by atoms with van der Waals surface area (Å²) in [4.78, 5) is 24.0. The lowest BCUT2D eigenvalue weighted by Crippen LogP contribution is -2.33. The molecule has 0 aliphatic rings. The van der Waals surface area contributed by atoms with E-state index >= 15 is 0 Å². The van der Waals surface area contributed by atoms with E-state index < -0.39 is 11.7 Å². The van der Waals surface area contributed by atoms with E-state index in [1.165, 1.54) is 28.2 Å². The van der Waals surface area contributed by atoms with Gasteiger partial charge in [0, 0.05) is 20.5 Å². The number of ketones is 1. The van der Waals surface area contributed by atoms with Crippen LogP contribution in [0.2, 0.25) is 0 Å². The molecule has 0 atom stereocenters. The number of carbonyl (C=O) groups is 2. The zero-order valence-corrected chi connectivity index (χ0v) is 11.2. The molecule has 2 aromatic carbocycles. The van der Waals surface area contributed by atoms with Gasteiger partial charge in [0.2, 0.25) is 5.78 Å². The van der Waals surface area contributed by atoms with Crippen LogP contribution in [0.1, 0.15) is 12.5 Å². The smallest absolute Gasteiger partial charge is 0.289 e. The Morgan fingerprint density at radius 1 is 1.05 bits per heavy atom. The highest BCUT2D eigenvalue weighted by Gasteiger charge is 2.13. The minimum Gasteiger partial charge on any atom is -0.339 e. The van der Waals surface area contributed by atoms with Crippen LogP contribution in [-0.4, -0.2) is 30.2 Å². The van der Waals surface area contributed by atoms with Crippen molar-refractivity contribution >= 4 is 22.5 Å². The van der Waals surface area contributed by atoms with Crippen molar-refractivity contribution in [1.29, 1.82) is 0 Å². The molecule has 3 nitrogen and oxygen atoms in total. The van der Waals surface area contributed by atoms with Gasteiger partial charge < -0.3 is 4.90 Å². The summed E-state index contributed by atoms with van der Waals surface area (Å²) in [6.07, 6.45) is 0.747. The first-order chi connectivity index (χ1) is 9.09. The third kappa shape index (κ3) is 2.99. The van der Waals surface area contributed by atoms with Crippen molar-refractivity contribution in [3.63, 3.8) is 0 Å². The fourth-order valence-corrected chi connectivity index (χ4v) is 2.17. The van der Waals surface area contributed by atoms with Crippen LogP contribution in [0.25, 0.3) is 10.8 Å². The van der Waals surface area contributed by atoms with Crippen molar-refractivity contribution < 1.29 is 9.59 Å². The molecule has 0 fully saturated rings. The molecule has 0 saturated heterocycles. The molecule has 0 N–H and O–H groups in total. The Bertz CT molecular complexity index is 614. The van der Waals surface area contributed by atoms with Crippen LogP contribution in [0.3, 0.4) is 0 Å². The Morgan fingerprint density at radius 2 is 1.74 bits per heavy atom. The Labute approximate surface area is 112 Å². The molecule has 0 heterocycles. The lowest BCUT2D eigenvalue weighted by Gasteiger charge is -2.16. The number of benzene rings is 2. The van der Waals surface area contributed by atoms with Crippen LogP contribution >= 0.6 is 0 Å². The van der Waals surface area contributed by atoms with Gasteiger partial charge in [-0.15, -0.1) is 0 Å². The Kier molecular flexibility index (Phi) is 3.95. The number of hydrogen-bond acceptors (Lipinski definition) is 2. The summed E-state index contributed by atoms with van der Waals surface area (Å²) >= 11 is 0. The molecule has 0 spiro atoms.